The van der Waals surface area contributed by atoms with Crippen LogP contribution < -0.4 is 10.6 Å². The lowest BCUT2D eigenvalue weighted by Crippen LogP contribution is -2.45. The Hall–Kier alpha value is -1.14. The van der Waals surface area contributed by atoms with Crippen LogP contribution in [0.4, 0.5) is 4.79 Å². The third kappa shape index (κ3) is 6.11. The van der Waals surface area contributed by atoms with Crippen LogP contribution >= 0.6 is 11.3 Å². The molecule has 0 aliphatic heterocycles. The molecule has 1 heterocycles. The number of ether oxygens (including phenoxy) is 1. The molecule has 0 saturated heterocycles. The van der Waals surface area contributed by atoms with E-state index in [9.17, 15) is 4.79 Å². The standard InChI is InChI=1S/C17H29N3O2S/c1-12(15-10-18-11-23-15)20-14-8-6-5-7-13(14)9-19-16(21)22-17(2,3)4/h10-14,20H,5-9H2,1-4H3,(H,19,21). The predicted octanol–water partition coefficient (Wildman–Crippen LogP) is 3.88. The monoisotopic (exact) mass is 339 g/mol. The lowest BCUT2D eigenvalue weighted by Gasteiger charge is -2.34. The van der Waals surface area contributed by atoms with E-state index in [0.29, 0.717) is 24.5 Å². The summed E-state index contributed by atoms with van der Waals surface area (Å²) in [5, 5.41) is 6.66. The van der Waals surface area contributed by atoms with Gasteiger partial charge in [-0.3, -0.25) is 4.98 Å². The zero-order valence-corrected chi connectivity index (χ0v) is 15.4. The van der Waals surface area contributed by atoms with Crippen molar-refractivity contribution in [3.05, 3.63) is 16.6 Å². The zero-order valence-electron chi connectivity index (χ0n) is 14.6. The van der Waals surface area contributed by atoms with Crippen molar-refractivity contribution >= 4 is 17.4 Å². The van der Waals surface area contributed by atoms with Gasteiger partial charge in [-0.1, -0.05) is 12.8 Å². The average Bonchev–Trinajstić information content (AvgIpc) is 2.99. The number of amides is 1. The average molecular weight is 340 g/mol. The molecule has 1 aromatic rings. The summed E-state index contributed by atoms with van der Waals surface area (Å²) in [5.41, 5.74) is 1.42. The van der Waals surface area contributed by atoms with Gasteiger partial charge in [0.15, 0.2) is 0 Å². The topological polar surface area (TPSA) is 63.2 Å². The van der Waals surface area contributed by atoms with E-state index in [1.807, 2.05) is 32.5 Å². The highest BCUT2D eigenvalue weighted by molar-refractivity contribution is 7.09. The molecule has 1 fully saturated rings. The first-order chi connectivity index (χ1) is 10.8. The van der Waals surface area contributed by atoms with Crippen LogP contribution in [0.2, 0.25) is 0 Å². The molecule has 0 spiro atoms. The molecule has 1 aliphatic rings. The number of nitrogens with one attached hydrogen (secondary N) is 2. The van der Waals surface area contributed by atoms with Crippen molar-refractivity contribution in [2.75, 3.05) is 6.54 Å². The SMILES string of the molecule is CC(NC1CCCCC1CNC(=O)OC(C)(C)C)c1cncs1. The van der Waals surface area contributed by atoms with Crippen molar-refractivity contribution in [2.45, 2.75) is 71.1 Å². The molecular formula is C17H29N3O2S. The lowest BCUT2D eigenvalue weighted by molar-refractivity contribution is 0.0510. The van der Waals surface area contributed by atoms with Gasteiger partial charge in [-0.2, -0.15) is 0 Å². The predicted molar refractivity (Wildman–Crippen MR) is 93.6 cm³/mol. The second-order valence-electron chi connectivity index (χ2n) is 7.33. The summed E-state index contributed by atoms with van der Waals surface area (Å²) in [6, 6.07) is 0.727. The van der Waals surface area contributed by atoms with Gasteiger partial charge in [0.05, 0.1) is 5.51 Å². The molecule has 1 amide bonds. The minimum Gasteiger partial charge on any atom is -0.444 e. The number of alkyl carbamates (subject to hydrolysis) is 1. The summed E-state index contributed by atoms with van der Waals surface area (Å²) >= 11 is 1.68. The molecule has 6 heteroatoms. The number of hydrogen-bond donors (Lipinski definition) is 2. The first-order valence-corrected chi connectivity index (χ1v) is 9.34. The number of carbonyl (C=O) groups is 1. The molecule has 3 atom stereocenters. The Bertz CT molecular complexity index is 485. The van der Waals surface area contributed by atoms with Crippen LogP contribution in [0.1, 0.15) is 64.3 Å². The molecule has 0 bridgehead atoms. The summed E-state index contributed by atoms with van der Waals surface area (Å²) in [6.07, 6.45) is 6.38. The quantitative estimate of drug-likeness (QED) is 0.854. The van der Waals surface area contributed by atoms with Crippen molar-refractivity contribution in [1.29, 1.82) is 0 Å². The van der Waals surface area contributed by atoms with E-state index in [1.165, 1.54) is 17.7 Å². The molecule has 3 unspecified atom stereocenters. The molecule has 0 radical (unpaired) electrons. The third-order valence-corrected chi connectivity index (χ3v) is 5.12. The Labute approximate surface area is 143 Å². The fourth-order valence-electron chi connectivity index (χ4n) is 3.04. The van der Waals surface area contributed by atoms with Crippen LogP contribution in [0.5, 0.6) is 0 Å². The maximum atomic E-state index is 11.9. The van der Waals surface area contributed by atoms with Gasteiger partial charge in [-0.15, -0.1) is 11.3 Å². The molecule has 0 aromatic carbocycles. The van der Waals surface area contributed by atoms with Crippen LogP contribution in [0.3, 0.4) is 0 Å². The van der Waals surface area contributed by atoms with Crippen molar-refractivity contribution in [1.82, 2.24) is 15.6 Å². The molecule has 130 valence electrons. The first-order valence-electron chi connectivity index (χ1n) is 8.46. The number of thiazole rings is 1. The van der Waals surface area contributed by atoms with Gasteiger partial charge in [-0.05, 0) is 46.5 Å². The minimum atomic E-state index is -0.449. The van der Waals surface area contributed by atoms with E-state index in [0.717, 1.165) is 12.8 Å². The maximum Gasteiger partial charge on any atom is 0.407 e. The van der Waals surface area contributed by atoms with Crippen LogP contribution in [-0.2, 0) is 4.74 Å². The Kier molecular flexibility index (Phi) is 6.41. The van der Waals surface area contributed by atoms with E-state index >= 15 is 0 Å². The number of nitrogens with zero attached hydrogens (tertiary/aromatic N) is 1. The number of hydrogen-bond acceptors (Lipinski definition) is 5. The Morgan fingerprint density at radius 1 is 1.43 bits per heavy atom. The molecule has 1 aromatic heterocycles. The fourth-order valence-corrected chi connectivity index (χ4v) is 3.68. The summed E-state index contributed by atoms with van der Waals surface area (Å²) in [7, 11) is 0. The van der Waals surface area contributed by atoms with Gasteiger partial charge >= 0.3 is 6.09 Å². The normalized spacial score (nSPS) is 23.3. The smallest absolute Gasteiger partial charge is 0.407 e. The van der Waals surface area contributed by atoms with Gasteiger partial charge in [0.1, 0.15) is 5.60 Å². The number of aromatic nitrogens is 1. The summed E-state index contributed by atoms with van der Waals surface area (Å²) in [5.74, 6) is 0.451. The Morgan fingerprint density at radius 3 is 2.83 bits per heavy atom. The van der Waals surface area contributed by atoms with Gasteiger partial charge in [0.2, 0.25) is 0 Å². The summed E-state index contributed by atoms with van der Waals surface area (Å²) < 4.78 is 5.33. The van der Waals surface area contributed by atoms with Crippen molar-refractivity contribution < 1.29 is 9.53 Å². The molecule has 23 heavy (non-hydrogen) atoms. The molecule has 2 rings (SSSR count). The van der Waals surface area contributed by atoms with Crippen molar-refractivity contribution in [3.63, 3.8) is 0 Å². The van der Waals surface area contributed by atoms with Gasteiger partial charge < -0.3 is 15.4 Å². The number of carbonyl (C=O) groups excluding carboxylic acids is 1. The Morgan fingerprint density at radius 2 is 2.17 bits per heavy atom. The van der Waals surface area contributed by atoms with E-state index in [1.54, 1.807) is 11.3 Å². The zero-order chi connectivity index (χ0) is 16.9. The van der Waals surface area contributed by atoms with Crippen molar-refractivity contribution in [2.24, 2.45) is 5.92 Å². The third-order valence-electron chi connectivity index (χ3n) is 4.16. The molecular weight excluding hydrogens is 310 g/mol. The Balaban J connectivity index is 1.84. The first kappa shape index (κ1) is 18.2. The highest BCUT2D eigenvalue weighted by atomic mass is 32.1. The van der Waals surface area contributed by atoms with Crippen molar-refractivity contribution in [3.8, 4) is 0 Å². The molecule has 5 nitrogen and oxygen atoms in total. The van der Waals surface area contributed by atoms with Crippen LogP contribution in [0.25, 0.3) is 0 Å². The second kappa shape index (κ2) is 8.11. The van der Waals surface area contributed by atoms with Crippen LogP contribution in [0, 0.1) is 5.92 Å². The lowest BCUT2D eigenvalue weighted by atomic mass is 9.84. The van der Waals surface area contributed by atoms with E-state index < -0.39 is 5.60 Å². The largest absolute Gasteiger partial charge is 0.444 e. The van der Waals surface area contributed by atoms with Crippen LogP contribution in [-0.4, -0.2) is 29.3 Å². The second-order valence-corrected chi connectivity index (χ2v) is 8.24. The van der Waals surface area contributed by atoms with Gasteiger partial charge in [0.25, 0.3) is 0 Å². The maximum absolute atomic E-state index is 11.9. The highest BCUT2D eigenvalue weighted by Gasteiger charge is 2.27. The van der Waals surface area contributed by atoms with E-state index in [-0.39, 0.29) is 6.09 Å². The summed E-state index contributed by atoms with van der Waals surface area (Å²) in [4.78, 5) is 17.3. The summed E-state index contributed by atoms with van der Waals surface area (Å²) in [6.45, 7) is 8.50. The van der Waals surface area contributed by atoms with E-state index in [2.05, 4.69) is 22.5 Å². The molecule has 1 aliphatic carbocycles. The molecule has 2 N–H and O–H groups in total. The number of rotatable bonds is 5. The van der Waals surface area contributed by atoms with Gasteiger partial charge in [-0.25, -0.2) is 4.79 Å². The minimum absolute atomic E-state index is 0.301. The highest BCUT2D eigenvalue weighted by Crippen LogP contribution is 2.27. The fraction of sp³-hybridized carbons (Fsp3) is 0.765. The van der Waals surface area contributed by atoms with E-state index in [4.69, 9.17) is 4.74 Å². The van der Waals surface area contributed by atoms with Crippen LogP contribution in [0.15, 0.2) is 11.7 Å². The van der Waals surface area contributed by atoms with Gasteiger partial charge in [0, 0.05) is 29.7 Å². The molecule has 1 saturated carbocycles.